The molecule has 1 fully saturated rings. The maximum Gasteiger partial charge on any atom is 0.387 e. The SMILES string of the molecule is C[C@H]1CN(C(=O)C[C@H](N)Cc2cc(F)c(F)cc2F)CCN1C(=O)c1ccccc1OC(F)F. The molecule has 1 saturated heterocycles. The lowest BCUT2D eigenvalue weighted by atomic mass is 10.0. The first kappa shape index (κ1) is 25.4. The maximum atomic E-state index is 13.8. The number of carbonyl (C=O) groups is 2. The van der Waals surface area contributed by atoms with Gasteiger partial charge in [0.05, 0.1) is 5.56 Å². The van der Waals surface area contributed by atoms with E-state index in [-0.39, 0.29) is 55.3 Å². The normalized spacial score (nSPS) is 17.1. The van der Waals surface area contributed by atoms with Crippen molar-refractivity contribution in [2.75, 3.05) is 19.6 Å². The summed E-state index contributed by atoms with van der Waals surface area (Å²) in [5.41, 5.74) is 5.80. The van der Waals surface area contributed by atoms with Crippen molar-refractivity contribution < 1.29 is 36.3 Å². The fourth-order valence-corrected chi connectivity index (χ4v) is 3.91. The Kier molecular flexibility index (Phi) is 8.08. The predicted octanol–water partition coefficient (Wildman–Crippen LogP) is 3.34. The van der Waals surface area contributed by atoms with E-state index in [4.69, 9.17) is 5.73 Å². The molecule has 2 amide bonds. The van der Waals surface area contributed by atoms with E-state index in [1.807, 2.05) is 0 Å². The number of piperazine rings is 1. The maximum absolute atomic E-state index is 13.8. The van der Waals surface area contributed by atoms with Crippen LogP contribution in [0.5, 0.6) is 5.75 Å². The first-order valence-electron chi connectivity index (χ1n) is 10.6. The Morgan fingerprint density at radius 2 is 1.76 bits per heavy atom. The second-order valence-electron chi connectivity index (χ2n) is 8.09. The minimum Gasteiger partial charge on any atom is -0.434 e. The van der Waals surface area contributed by atoms with Crippen molar-refractivity contribution >= 4 is 11.8 Å². The molecule has 3 rings (SSSR count). The fraction of sp³-hybridized carbons (Fsp3) is 0.391. The third kappa shape index (κ3) is 6.02. The highest BCUT2D eigenvalue weighted by atomic mass is 19.3. The average molecular weight is 485 g/mol. The summed E-state index contributed by atoms with van der Waals surface area (Å²) in [5, 5.41) is 0. The molecule has 0 bridgehead atoms. The van der Waals surface area contributed by atoms with Gasteiger partial charge in [-0.05, 0) is 37.1 Å². The van der Waals surface area contributed by atoms with E-state index in [1.165, 1.54) is 34.1 Å². The number of alkyl halides is 2. The largest absolute Gasteiger partial charge is 0.434 e. The van der Waals surface area contributed by atoms with Crippen LogP contribution in [0, 0.1) is 17.5 Å². The van der Waals surface area contributed by atoms with E-state index in [2.05, 4.69) is 4.74 Å². The van der Waals surface area contributed by atoms with Gasteiger partial charge in [-0.1, -0.05) is 12.1 Å². The van der Waals surface area contributed by atoms with E-state index in [1.54, 1.807) is 6.92 Å². The summed E-state index contributed by atoms with van der Waals surface area (Å²) < 4.78 is 70.1. The highest BCUT2D eigenvalue weighted by Crippen LogP contribution is 2.24. The van der Waals surface area contributed by atoms with Crippen LogP contribution in [0.25, 0.3) is 0 Å². The molecule has 0 spiro atoms. The third-order valence-electron chi connectivity index (χ3n) is 5.58. The van der Waals surface area contributed by atoms with Crippen LogP contribution >= 0.6 is 0 Å². The molecule has 34 heavy (non-hydrogen) atoms. The average Bonchev–Trinajstić information content (AvgIpc) is 2.77. The van der Waals surface area contributed by atoms with Gasteiger partial charge in [-0.15, -0.1) is 0 Å². The molecule has 0 aliphatic carbocycles. The molecule has 2 atom stereocenters. The zero-order valence-electron chi connectivity index (χ0n) is 18.3. The lowest BCUT2D eigenvalue weighted by molar-refractivity contribution is -0.134. The third-order valence-corrected chi connectivity index (χ3v) is 5.58. The van der Waals surface area contributed by atoms with Gasteiger partial charge in [0, 0.05) is 44.2 Å². The van der Waals surface area contributed by atoms with Crippen molar-refractivity contribution in [3.8, 4) is 5.75 Å². The van der Waals surface area contributed by atoms with Crippen LogP contribution in [0.2, 0.25) is 0 Å². The van der Waals surface area contributed by atoms with Gasteiger partial charge in [0.15, 0.2) is 11.6 Å². The van der Waals surface area contributed by atoms with Crippen molar-refractivity contribution in [3.63, 3.8) is 0 Å². The van der Waals surface area contributed by atoms with Crippen LogP contribution in [-0.4, -0.2) is 59.9 Å². The Hall–Kier alpha value is -3.21. The summed E-state index contributed by atoms with van der Waals surface area (Å²) in [7, 11) is 0. The van der Waals surface area contributed by atoms with Gasteiger partial charge in [0.1, 0.15) is 11.6 Å². The van der Waals surface area contributed by atoms with Gasteiger partial charge in [-0.2, -0.15) is 8.78 Å². The van der Waals surface area contributed by atoms with E-state index in [0.717, 1.165) is 6.07 Å². The Morgan fingerprint density at radius 1 is 1.09 bits per heavy atom. The molecule has 184 valence electrons. The van der Waals surface area contributed by atoms with Crippen LogP contribution in [0.4, 0.5) is 22.0 Å². The van der Waals surface area contributed by atoms with Gasteiger partial charge in [0.25, 0.3) is 5.91 Å². The predicted molar refractivity (Wildman–Crippen MR) is 113 cm³/mol. The standard InChI is InChI=1S/C23H24F5N3O3/c1-13-12-30(21(32)10-15(29)8-14-9-18(25)19(26)11-17(14)24)6-7-31(13)22(33)16-4-2-3-5-20(16)34-23(27)28/h2-5,9,11,13,15,23H,6-8,10,12,29H2,1H3/t13-,15+/m0/s1. The lowest BCUT2D eigenvalue weighted by Crippen LogP contribution is -2.56. The number of rotatable bonds is 7. The number of carbonyl (C=O) groups excluding carboxylic acids is 2. The first-order valence-corrected chi connectivity index (χ1v) is 10.6. The van der Waals surface area contributed by atoms with Crippen molar-refractivity contribution in [3.05, 3.63) is 65.0 Å². The fourth-order valence-electron chi connectivity index (χ4n) is 3.91. The second-order valence-corrected chi connectivity index (χ2v) is 8.09. The number of hydrogen-bond donors (Lipinski definition) is 1. The van der Waals surface area contributed by atoms with Crippen LogP contribution < -0.4 is 10.5 Å². The molecule has 11 heteroatoms. The first-order chi connectivity index (χ1) is 16.1. The van der Waals surface area contributed by atoms with Crippen LogP contribution in [-0.2, 0) is 11.2 Å². The van der Waals surface area contributed by atoms with Gasteiger partial charge in [-0.25, -0.2) is 13.2 Å². The van der Waals surface area contributed by atoms with Gasteiger partial charge < -0.3 is 20.3 Å². The molecular formula is C23H24F5N3O3. The molecule has 2 aromatic rings. The van der Waals surface area contributed by atoms with E-state index in [9.17, 15) is 31.5 Å². The summed E-state index contributed by atoms with van der Waals surface area (Å²) in [6.45, 7) is -0.856. The highest BCUT2D eigenvalue weighted by Gasteiger charge is 2.32. The molecule has 1 aliphatic rings. The van der Waals surface area contributed by atoms with Gasteiger partial charge in [0.2, 0.25) is 5.91 Å². The van der Waals surface area contributed by atoms with E-state index in [0.29, 0.717) is 6.07 Å². The van der Waals surface area contributed by atoms with Gasteiger partial charge >= 0.3 is 6.61 Å². The number of para-hydroxylation sites is 1. The Bertz CT molecular complexity index is 1050. The Balaban J connectivity index is 1.59. The molecule has 2 N–H and O–H groups in total. The molecule has 0 aromatic heterocycles. The molecule has 0 unspecified atom stereocenters. The summed E-state index contributed by atoms with van der Waals surface area (Å²) in [4.78, 5) is 28.6. The number of benzene rings is 2. The van der Waals surface area contributed by atoms with Crippen LogP contribution in [0.1, 0.15) is 29.3 Å². The molecule has 2 aromatic carbocycles. The zero-order chi connectivity index (χ0) is 25.0. The zero-order valence-corrected chi connectivity index (χ0v) is 18.3. The van der Waals surface area contributed by atoms with Crippen molar-refractivity contribution in [2.24, 2.45) is 5.73 Å². The minimum absolute atomic E-state index is 0.00925. The van der Waals surface area contributed by atoms with Crippen molar-refractivity contribution in [1.29, 1.82) is 0 Å². The summed E-state index contributed by atoms with van der Waals surface area (Å²) in [6, 6.07) is 5.57. The Morgan fingerprint density at radius 3 is 2.44 bits per heavy atom. The Labute approximate surface area is 193 Å². The number of hydrogen-bond acceptors (Lipinski definition) is 4. The lowest BCUT2D eigenvalue weighted by Gasteiger charge is -2.40. The number of nitrogens with two attached hydrogens (primary N) is 1. The molecule has 1 heterocycles. The molecule has 6 nitrogen and oxygen atoms in total. The number of ether oxygens (including phenoxy) is 1. The van der Waals surface area contributed by atoms with Crippen molar-refractivity contribution in [2.45, 2.75) is 38.5 Å². The van der Waals surface area contributed by atoms with E-state index >= 15 is 0 Å². The van der Waals surface area contributed by atoms with Crippen molar-refractivity contribution in [1.82, 2.24) is 9.80 Å². The smallest absolute Gasteiger partial charge is 0.387 e. The second kappa shape index (κ2) is 10.8. The van der Waals surface area contributed by atoms with Crippen LogP contribution in [0.15, 0.2) is 36.4 Å². The number of halogens is 5. The molecule has 1 aliphatic heterocycles. The van der Waals surface area contributed by atoms with E-state index < -0.39 is 42.1 Å². The quantitative estimate of drug-likeness (QED) is 0.482. The summed E-state index contributed by atoms with van der Waals surface area (Å²) >= 11 is 0. The summed E-state index contributed by atoms with van der Waals surface area (Å²) in [6.07, 6.45) is -0.326. The van der Waals surface area contributed by atoms with Crippen LogP contribution in [0.3, 0.4) is 0 Å². The number of nitrogens with zero attached hydrogens (tertiary/aromatic N) is 2. The minimum atomic E-state index is -3.08. The summed E-state index contributed by atoms with van der Waals surface area (Å²) in [5.74, 6) is -4.53. The topological polar surface area (TPSA) is 75.9 Å². The highest BCUT2D eigenvalue weighted by molar-refractivity contribution is 5.97. The molecule has 0 radical (unpaired) electrons. The monoisotopic (exact) mass is 485 g/mol. The molecule has 0 saturated carbocycles. The van der Waals surface area contributed by atoms with Gasteiger partial charge in [-0.3, -0.25) is 9.59 Å². The molecular weight excluding hydrogens is 461 g/mol. The number of amides is 2.